The molecule has 112 valence electrons. The smallest absolute Gasteiger partial charge is 0.0368 e. The molecule has 4 heteroatoms. The fourth-order valence-electron chi connectivity index (χ4n) is 1.30. The number of nitrogens with zero attached hydrogens (tertiary/aromatic N) is 2. The van der Waals surface area contributed by atoms with E-state index >= 15 is 0 Å². The molecule has 1 aromatic rings. The van der Waals surface area contributed by atoms with E-state index in [0.717, 1.165) is 18.8 Å². The van der Waals surface area contributed by atoms with Crippen LogP contribution in [0, 0.1) is 0 Å². The monoisotopic (exact) mass is 268 g/mol. The summed E-state index contributed by atoms with van der Waals surface area (Å²) in [5.74, 6) is 0. The molecular weight excluding hydrogens is 236 g/mol. The Kier molecular flexibility index (Phi) is 17.9. The fraction of sp³-hybridized carbons (Fsp3) is 0.667. The Bertz CT molecular complexity index is 246. The standard InChI is InChI=1S/C6H8N2.C5H12N2.2C2H6/c1-7-6-2-4-8-5-3-6;1-7-4-2-6-3-5-7;2*1-2/h2-5H,1H3,(H,7,8);6H,2-5H2,1H3;2*1-2H3. The minimum absolute atomic E-state index is 1.10. The van der Waals surface area contributed by atoms with Crippen LogP contribution in [0.2, 0.25) is 0 Å². The molecule has 1 aromatic heterocycles. The maximum atomic E-state index is 3.85. The molecule has 0 radical (unpaired) electrons. The molecule has 2 heterocycles. The summed E-state index contributed by atoms with van der Waals surface area (Å²) in [7, 11) is 4.04. The predicted octanol–water partition coefficient (Wildman–Crippen LogP) is 2.70. The third-order valence-electron chi connectivity index (χ3n) is 2.31. The molecule has 1 fully saturated rings. The molecule has 0 saturated carbocycles. The van der Waals surface area contributed by atoms with Crippen LogP contribution in [-0.4, -0.2) is 50.2 Å². The molecule has 0 amide bonds. The van der Waals surface area contributed by atoms with E-state index in [2.05, 4.69) is 27.6 Å². The summed E-state index contributed by atoms with van der Waals surface area (Å²) in [5, 5.41) is 6.26. The van der Waals surface area contributed by atoms with Gasteiger partial charge in [0.15, 0.2) is 0 Å². The molecule has 4 nitrogen and oxygen atoms in total. The van der Waals surface area contributed by atoms with E-state index in [-0.39, 0.29) is 0 Å². The highest BCUT2D eigenvalue weighted by Crippen LogP contribution is 1.99. The third-order valence-corrected chi connectivity index (χ3v) is 2.31. The van der Waals surface area contributed by atoms with Crippen LogP contribution in [0.25, 0.3) is 0 Å². The largest absolute Gasteiger partial charge is 0.388 e. The SMILES string of the molecule is CC.CC.CN1CCNCC1.CNc1ccncc1. The van der Waals surface area contributed by atoms with Crippen LogP contribution in [0.3, 0.4) is 0 Å². The van der Waals surface area contributed by atoms with Crippen molar-refractivity contribution in [2.24, 2.45) is 0 Å². The third kappa shape index (κ3) is 13.1. The number of rotatable bonds is 1. The van der Waals surface area contributed by atoms with Gasteiger partial charge in [-0.1, -0.05) is 27.7 Å². The van der Waals surface area contributed by atoms with E-state index in [0.29, 0.717) is 0 Å². The van der Waals surface area contributed by atoms with Crippen molar-refractivity contribution in [3.05, 3.63) is 24.5 Å². The summed E-state index contributed by atoms with van der Waals surface area (Å²) in [4.78, 5) is 6.18. The van der Waals surface area contributed by atoms with E-state index in [1.807, 2.05) is 46.9 Å². The normalized spacial score (nSPS) is 13.6. The first-order chi connectivity index (χ1) is 9.33. The lowest BCUT2D eigenvalue weighted by atomic mass is 10.4. The van der Waals surface area contributed by atoms with Gasteiger partial charge in [0.1, 0.15) is 0 Å². The van der Waals surface area contributed by atoms with E-state index in [9.17, 15) is 0 Å². The van der Waals surface area contributed by atoms with Crippen molar-refractivity contribution in [3.63, 3.8) is 0 Å². The van der Waals surface area contributed by atoms with Gasteiger partial charge in [-0.05, 0) is 19.2 Å². The number of piperazine rings is 1. The molecule has 0 aromatic carbocycles. The van der Waals surface area contributed by atoms with Gasteiger partial charge >= 0.3 is 0 Å². The maximum Gasteiger partial charge on any atom is 0.0368 e. The van der Waals surface area contributed by atoms with E-state index in [1.165, 1.54) is 13.1 Å². The Morgan fingerprint density at radius 2 is 1.53 bits per heavy atom. The molecule has 0 unspecified atom stereocenters. The van der Waals surface area contributed by atoms with Crippen LogP contribution in [-0.2, 0) is 0 Å². The zero-order valence-corrected chi connectivity index (χ0v) is 13.5. The average Bonchev–Trinajstić information content (AvgIpc) is 2.53. The zero-order valence-electron chi connectivity index (χ0n) is 13.5. The highest BCUT2D eigenvalue weighted by atomic mass is 15.2. The van der Waals surface area contributed by atoms with Crippen molar-refractivity contribution in [1.82, 2.24) is 15.2 Å². The number of aromatic nitrogens is 1. The van der Waals surface area contributed by atoms with Crippen molar-refractivity contribution in [1.29, 1.82) is 0 Å². The maximum absolute atomic E-state index is 3.85. The highest BCUT2D eigenvalue weighted by molar-refractivity contribution is 5.39. The van der Waals surface area contributed by atoms with Gasteiger partial charge < -0.3 is 15.5 Å². The molecular formula is C15H32N4. The first kappa shape index (κ1) is 20.2. The van der Waals surface area contributed by atoms with Crippen LogP contribution in [0.5, 0.6) is 0 Å². The van der Waals surface area contributed by atoms with Crippen LogP contribution < -0.4 is 10.6 Å². The lowest BCUT2D eigenvalue weighted by molar-refractivity contribution is 0.291. The van der Waals surface area contributed by atoms with E-state index < -0.39 is 0 Å². The van der Waals surface area contributed by atoms with Crippen molar-refractivity contribution in [3.8, 4) is 0 Å². The lowest BCUT2D eigenvalue weighted by Crippen LogP contribution is -2.40. The van der Waals surface area contributed by atoms with Crippen LogP contribution in [0.4, 0.5) is 5.69 Å². The number of anilines is 1. The summed E-state index contributed by atoms with van der Waals surface area (Å²) in [6.07, 6.45) is 3.51. The Balaban J connectivity index is 0. The predicted molar refractivity (Wildman–Crippen MR) is 86.8 cm³/mol. The van der Waals surface area contributed by atoms with Gasteiger partial charge in [-0.3, -0.25) is 4.98 Å². The Labute approximate surface area is 119 Å². The fourth-order valence-corrected chi connectivity index (χ4v) is 1.30. The number of hydrogen-bond acceptors (Lipinski definition) is 4. The number of likely N-dealkylation sites (N-methyl/N-ethyl adjacent to an activating group) is 1. The van der Waals surface area contributed by atoms with Gasteiger partial charge in [0, 0.05) is 51.3 Å². The number of nitrogens with one attached hydrogen (secondary N) is 2. The van der Waals surface area contributed by atoms with Crippen molar-refractivity contribution < 1.29 is 0 Å². The minimum atomic E-state index is 1.10. The summed E-state index contributed by atoms with van der Waals surface area (Å²) >= 11 is 0. The quantitative estimate of drug-likeness (QED) is 0.821. The van der Waals surface area contributed by atoms with Gasteiger partial charge in [0.05, 0.1) is 0 Å². The number of hydrogen-bond donors (Lipinski definition) is 2. The molecule has 0 bridgehead atoms. The molecule has 2 rings (SSSR count). The second kappa shape index (κ2) is 16.9. The summed E-state index contributed by atoms with van der Waals surface area (Å²) in [6, 6.07) is 3.83. The first-order valence-corrected chi connectivity index (χ1v) is 7.30. The van der Waals surface area contributed by atoms with Gasteiger partial charge in [0.25, 0.3) is 0 Å². The zero-order chi connectivity index (χ0) is 14.9. The van der Waals surface area contributed by atoms with Gasteiger partial charge in [-0.15, -0.1) is 0 Å². The Morgan fingerprint density at radius 1 is 1.05 bits per heavy atom. The second-order valence-electron chi connectivity index (χ2n) is 3.54. The molecule has 19 heavy (non-hydrogen) atoms. The van der Waals surface area contributed by atoms with Crippen LogP contribution >= 0.6 is 0 Å². The minimum Gasteiger partial charge on any atom is -0.388 e. The Morgan fingerprint density at radius 3 is 1.79 bits per heavy atom. The number of pyridine rings is 1. The summed E-state index contributed by atoms with van der Waals surface area (Å²) in [6.45, 7) is 12.7. The molecule has 0 spiro atoms. The summed E-state index contributed by atoms with van der Waals surface area (Å²) < 4.78 is 0. The molecule has 1 aliphatic rings. The second-order valence-corrected chi connectivity index (χ2v) is 3.54. The first-order valence-electron chi connectivity index (χ1n) is 7.30. The summed E-state index contributed by atoms with van der Waals surface area (Å²) in [5.41, 5.74) is 1.10. The van der Waals surface area contributed by atoms with Crippen LogP contribution in [0.15, 0.2) is 24.5 Å². The average molecular weight is 268 g/mol. The van der Waals surface area contributed by atoms with Gasteiger partial charge in [-0.2, -0.15) is 0 Å². The lowest BCUT2D eigenvalue weighted by Gasteiger charge is -2.21. The van der Waals surface area contributed by atoms with E-state index in [4.69, 9.17) is 0 Å². The van der Waals surface area contributed by atoms with Gasteiger partial charge in [-0.25, -0.2) is 0 Å². The van der Waals surface area contributed by atoms with Crippen molar-refractivity contribution >= 4 is 5.69 Å². The topological polar surface area (TPSA) is 40.2 Å². The van der Waals surface area contributed by atoms with Crippen LogP contribution in [0.1, 0.15) is 27.7 Å². The molecule has 0 aliphatic carbocycles. The van der Waals surface area contributed by atoms with Gasteiger partial charge in [0.2, 0.25) is 0 Å². The Hall–Kier alpha value is -1.13. The highest BCUT2D eigenvalue weighted by Gasteiger charge is 2.01. The molecule has 0 atom stereocenters. The van der Waals surface area contributed by atoms with E-state index in [1.54, 1.807) is 12.4 Å². The molecule has 1 aliphatic heterocycles. The molecule has 2 N–H and O–H groups in total. The van der Waals surface area contributed by atoms with Crippen molar-refractivity contribution in [2.75, 3.05) is 45.6 Å². The van der Waals surface area contributed by atoms with Crippen molar-refractivity contribution in [2.45, 2.75) is 27.7 Å². The molecule has 1 saturated heterocycles.